The summed E-state index contributed by atoms with van der Waals surface area (Å²) in [5.74, 6) is 0.631. The van der Waals surface area contributed by atoms with Gasteiger partial charge in [0.15, 0.2) is 0 Å². The van der Waals surface area contributed by atoms with Crippen molar-refractivity contribution in [1.82, 2.24) is 14.1 Å². The van der Waals surface area contributed by atoms with E-state index < -0.39 is 0 Å². The topological polar surface area (TPSA) is 51.9 Å². The molecule has 0 aliphatic carbocycles. The van der Waals surface area contributed by atoms with Gasteiger partial charge in [-0.25, -0.2) is 0 Å². The fourth-order valence-electron chi connectivity index (χ4n) is 4.00. The van der Waals surface area contributed by atoms with Crippen molar-refractivity contribution < 1.29 is 0 Å². The molecule has 144 valence electrons. The molecule has 5 nitrogen and oxygen atoms in total. The number of hydrogen-bond donors (Lipinski definition) is 1. The Labute approximate surface area is 161 Å². The quantitative estimate of drug-likeness (QED) is 0.725. The van der Waals surface area contributed by atoms with Crippen LogP contribution in [-0.2, 0) is 14.1 Å². The largest absolute Gasteiger partial charge is 0.353 e. The van der Waals surface area contributed by atoms with Gasteiger partial charge >= 0.3 is 0 Å². The molecule has 3 rings (SSSR count). The summed E-state index contributed by atoms with van der Waals surface area (Å²) in [6, 6.07) is 4.64. The van der Waals surface area contributed by atoms with Gasteiger partial charge in [0.05, 0.1) is 5.39 Å². The van der Waals surface area contributed by atoms with E-state index in [1.54, 1.807) is 11.6 Å². The Morgan fingerprint density at radius 2 is 1.67 bits per heavy atom. The van der Waals surface area contributed by atoms with Crippen LogP contribution in [0, 0.1) is 20.8 Å². The van der Waals surface area contributed by atoms with E-state index in [0.717, 1.165) is 29.6 Å². The molecular weight excluding hydrogens is 336 g/mol. The van der Waals surface area contributed by atoms with Gasteiger partial charge < -0.3 is 9.88 Å². The third kappa shape index (κ3) is 3.27. The third-order valence-corrected chi connectivity index (χ3v) is 5.46. The molecule has 0 unspecified atom stereocenters. The fraction of sp³-hybridized carbons (Fsp3) is 0.455. The molecule has 1 N–H and O–H groups in total. The molecule has 0 fully saturated rings. The highest BCUT2D eigenvalue weighted by Crippen LogP contribution is 2.33. The van der Waals surface area contributed by atoms with Crippen molar-refractivity contribution >= 4 is 17.0 Å². The summed E-state index contributed by atoms with van der Waals surface area (Å²) in [6.07, 6.45) is 4.01. The smallest absolute Gasteiger partial charge is 0.264 e. The van der Waals surface area contributed by atoms with Crippen LogP contribution in [0.4, 0.5) is 5.95 Å². The summed E-state index contributed by atoms with van der Waals surface area (Å²) >= 11 is 0. The lowest BCUT2D eigenvalue weighted by atomic mass is 9.94. The van der Waals surface area contributed by atoms with E-state index in [-0.39, 0.29) is 5.56 Å². The second-order valence-electron chi connectivity index (χ2n) is 7.58. The SMILES string of the molecule is CCC(CC)Nc1nc2c(c(-c3c(C)cc(C)cc3C)cn2C)c(=O)n1C. The molecule has 0 amide bonds. The zero-order chi connectivity index (χ0) is 19.9. The zero-order valence-electron chi connectivity index (χ0n) is 17.5. The van der Waals surface area contributed by atoms with Gasteiger partial charge in [0.1, 0.15) is 5.65 Å². The number of fused-ring (bicyclic) bond motifs is 1. The van der Waals surface area contributed by atoms with Crippen molar-refractivity contribution in [3.63, 3.8) is 0 Å². The molecule has 0 spiro atoms. The molecule has 1 aromatic carbocycles. The number of hydrogen-bond acceptors (Lipinski definition) is 3. The molecular formula is C22H30N4O. The Hall–Kier alpha value is -2.56. The lowest BCUT2D eigenvalue weighted by molar-refractivity contribution is 0.653. The molecule has 0 saturated heterocycles. The van der Waals surface area contributed by atoms with Crippen molar-refractivity contribution in [1.29, 1.82) is 0 Å². The number of nitrogens with one attached hydrogen (secondary N) is 1. The fourth-order valence-corrected chi connectivity index (χ4v) is 4.00. The maximum absolute atomic E-state index is 13.3. The van der Waals surface area contributed by atoms with Crippen LogP contribution in [0.25, 0.3) is 22.2 Å². The zero-order valence-corrected chi connectivity index (χ0v) is 17.5. The number of anilines is 1. The molecule has 2 aromatic heterocycles. The van der Waals surface area contributed by atoms with Crippen LogP contribution in [-0.4, -0.2) is 20.2 Å². The van der Waals surface area contributed by atoms with E-state index in [1.807, 2.05) is 17.8 Å². The highest BCUT2D eigenvalue weighted by atomic mass is 16.1. The number of aryl methyl sites for hydroxylation is 4. The Morgan fingerprint density at radius 3 is 2.22 bits per heavy atom. The molecule has 0 saturated carbocycles. The van der Waals surface area contributed by atoms with Crippen LogP contribution in [0.2, 0.25) is 0 Å². The summed E-state index contributed by atoms with van der Waals surface area (Å²) < 4.78 is 3.60. The molecule has 3 aromatic rings. The summed E-state index contributed by atoms with van der Waals surface area (Å²) in [7, 11) is 3.75. The lowest BCUT2D eigenvalue weighted by Crippen LogP contribution is -2.27. The van der Waals surface area contributed by atoms with E-state index >= 15 is 0 Å². The molecule has 0 aliphatic heterocycles. The Bertz CT molecular complexity index is 1030. The van der Waals surface area contributed by atoms with Crippen LogP contribution in [0.1, 0.15) is 43.4 Å². The molecule has 0 bridgehead atoms. The van der Waals surface area contributed by atoms with Crippen molar-refractivity contribution in [3.8, 4) is 11.1 Å². The predicted octanol–water partition coefficient (Wildman–Crippen LogP) is 4.46. The summed E-state index contributed by atoms with van der Waals surface area (Å²) in [5.41, 5.74) is 6.40. The van der Waals surface area contributed by atoms with Crippen LogP contribution < -0.4 is 10.9 Å². The van der Waals surface area contributed by atoms with Gasteiger partial charge in [0, 0.05) is 31.9 Å². The van der Waals surface area contributed by atoms with Gasteiger partial charge in [0.25, 0.3) is 5.56 Å². The first kappa shape index (κ1) is 19.2. The van der Waals surface area contributed by atoms with Gasteiger partial charge in [0.2, 0.25) is 5.95 Å². The lowest BCUT2D eigenvalue weighted by Gasteiger charge is -2.18. The monoisotopic (exact) mass is 366 g/mol. The standard InChI is InChI=1S/C22H30N4O/c1-8-16(9-2)23-22-24-20-19(21(27)26(22)7)17(12-25(20)6)18-14(4)10-13(3)11-15(18)5/h10-12,16H,8-9H2,1-7H3,(H,23,24). The molecule has 27 heavy (non-hydrogen) atoms. The highest BCUT2D eigenvalue weighted by molar-refractivity contribution is 5.95. The van der Waals surface area contributed by atoms with E-state index in [2.05, 4.69) is 52.1 Å². The minimum absolute atomic E-state index is 0.0107. The van der Waals surface area contributed by atoms with Gasteiger partial charge in [-0.05, 0) is 50.3 Å². The summed E-state index contributed by atoms with van der Waals surface area (Å²) in [5, 5.41) is 4.11. The van der Waals surface area contributed by atoms with Crippen molar-refractivity contribution in [2.75, 3.05) is 5.32 Å². The maximum atomic E-state index is 13.3. The van der Waals surface area contributed by atoms with Crippen molar-refractivity contribution in [2.24, 2.45) is 14.1 Å². The first-order valence-electron chi connectivity index (χ1n) is 9.69. The Kier molecular flexibility index (Phi) is 5.13. The van der Waals surface area contributed by atoms with Crippen LogP contribution in [0.15, 0.2) is 23.1 Å². The maximum Gasteiger partial charge on any atom is 0.264 e. The minimum atomic E-state index is -0.0107. The molecule has 0 aliphatic rings. The first-order chi connectivity index (χ1) is 12.8. The van der Waals surface area contributed by atoms with E-state index in [4.69, 9.17) is 4.98 Å². The van der Waals surface area contributed by atoms with Crippen molar-refractivity contribution in [2.45, 2.75) is 53.5 Å². The Morgan fingerprint density at radius 1 is 1.07 bits per heavy atom. The minimum Gasteiger partial charge on any atom is -0.353 e. The third-order valence-electron chi connectivity index (χ3n) is 5.46. The van der Waals surface area contributed by atoms with Gasteiger partial charge in [-0.3, -0.25) is 9.36 Å². The van der Waals surface area contributed by atoms with E-state index in [0.29, 0.717) is 17.4 Å². The molecule has 5 heteroatoms. The van der Waals surface area contributed by atoms with Gasteiger partial charge in [-0.2, -0.15) is 4.98 Å². The van der Waals surface area contributed by atoms with E-state index in [1.165, 1.54) is 16.7 Å². The van der Waals surface area contributed by atoms with Crippen LogP contribution >= 0.6 is 0 Å². The van der Waals surface area contributed by atoms with Crippen LogP contribution in [0.3, 0.4) is 0 Å². The average molecular weight is 367 g/mol. The number of benzene rings is 1. The van der Waals surface area contributed by atoms with Crippen molar-refractivity contribution in [3.05, 3.63) is 45.4 Å². The summed E-state index contributed by atoms with van der Waals surface area (Å²) in [4.78, 5) is 18.1. The molecule has 0 atom stereocenters. The van der Waals surface area contributed by atoms with E-state index in [9.17, 15) is 4.79 Å². The van der Waals surface area contributed by atoms with Gasteiger partial charge in [-0.15, -0.1) is 0 Å². The average Bonchev–Trinajstić information content (AvgIpc) is 2.92. The molecule has 2 heterocycles. The predicted molar refractivity (Wildman–Crippen MR) is 114 cm³/mol. The van der Waals surface area contributed by atoms with Gasteiger partial charge in [-0.1, -0.05) is 31.5 Å². The first-order valence-corrected chi connectivity index (χ1v) is 9.69. The van der Waals surface area contributed by atoms with Crippen LogP contribution in [0.5, 0.6) is 0 Å². The molecule has 0 radical (unpaired) electrons. The second-order valence-corrected chi connectivity index (χ2v) is 7.58. The second kappa shape index (κ2) is 7.22. The Balaban J connectivity index is 2.28. The highest BCUT2D eigenvalue weighted by Gasteiger charge is 2.20. The number of nitrogens with zero attached hydrogens (tertiary/aromatic N) is 3. The normalized spacial score (nSPS) is 11.6. The number of aromatic nitrogens is 3. The number of rotatable bonds is 5. The summed E-state index contributed by atoms with van der Waals surface area (Å²) in [6.45, 7) is 10.6.